The first-order valence-electron chi connectivity index (χ1n) is 6.28. The zero-order valence-corrected chi connectivity index (χ0v) is 11.4. The van der Waals surface area contributed by atoms with Crippen LogP contribution in [-0.2, 0) is 11.3 Å². The van der Waals surface area contributed by atoms with Gasteiger partial charge < -0.3 is 9.64 Å². The Morgan fingerprint density at radius 2 is 2.11 bits per heavy atom. The molecule has 0 spiro atoms. The molecule has 0 saturated carbocycles. The topological polar surface area (TPSA) is 36.3 Å². The van der Waals surface area contributed by atoms with E-state index in [2.05, 4.69) is 50.1 Å². The lowest BCUT2D eigenvalue weighted by molar-refractivity contribution is -0.0895. The van der Waals surface area contributed by atoms with Gasteiger partial charge in [-0.15, -0.1) is 0 Å². The molecule has 0 unspecified atom stereocenters. The quantitative estimate of drug-likeness (QED) is 0.815. The van der Waals surface area contributed by atoms with Gasteiger partial charge in [0.05, 0.1) is 19.3 Å². The summed E-state index contributed by atoms with van der Waals surface area (Å²) >= 11 is 0. The third-order valence-corrected chi connectivity index (χ3v) is 3.51. The Hall–Kier alpha value is -1.37. The fourth-order valence-corrected chi connectivity index (χ4v) is 2.37. The zero-order valence-electron chi connectivity index (χ0n) is 11.4. The van der Waals surface area contributed by atoms with E-state index in [1.165, 1.54) is 16.7 Å². The molecule has 3 heteroatoms. The molecule has 1 aliphatic rings. The molecule has 96 valence electrons. The van der Waals surface area contributed by atoms with Gasteiger partial charge >= 0.3 is 0 Å². The zero-order chi connectivity index (χ0) is 13.2. The summed E-state index contributed by atoms with van der Waals surface area (Å²) in [5.41, 5.74) is 3.65. The first kappa shape index (κ1) is 13.1. The summed E-state index contributed by atoms with van der Waals surface area (Å²) < 4.78 is 5.17. The minimum Gasteiger partial charge on any atom is -0.378 e. The molecule has 1 aromatic rings. The minimum absolute atomic E-state index is 0.285. The van der Waals surface area contributed by atoms with Crippen molar-refractivity contribution in [2.24, 2.45) is 5.41 Å². The Morgan fingerprint density at radius 3 is 2.67 bits per heavy atom. The molecule has 3 nitrogen and oxygen atoms in total. The van der Waals surface area contributed by atoms with Crippen molar-refractivity contribution in [2.75, 3.05) is 26.8 Å². The van der Waals surface area contributed by atoms with E-state index in [9.17, 15) is 5.26 Å². The largest absolute Gasteiger partial charge is 0.378 e. The molecule has 18 heavy (non-hydrogen) atoms. The third-order valence-electron chi connectivity index (χ3n) is 3.51. The summed E-state index contributed by atoms with van der Waals surface area (Å²) in [5, 5.41) is 9.19. The Bertz CT molecular complexity index is 472. The molecule has 0 aromatic heterocycles. The van der Waals surface area contributed by atoms with Crippen LogP contribution in [0.1, 0.15) is 16.7 Å². The molecule has 1 heterocycles. The molecule has 0 bridgehead atoms. The monoisotopic (exact) mass is 244 g/mol. The lowest BCUT2D eigenvalue weighted by Gasteiger charge is -2.38. The fourth-order valence-electron chi connectivity index (χ4n) is 2.37. The van der Waals surface area contributed by atoms with Crippen molar-refractivity contribution >= 4 is 0 Å². The molecule has 2 rings (SSSR count). The van der Waals surface area contributed by atoms with Crippen LogP contribution in [-0.4, -0.2) is 31.7 Å². The maximum absolute atomic E-state index is 9.19. The van der Waals surface area contributed by atoms with Gasteiger partial charge in [0.15, 0.2) is 0 Å². The molecule has 1 aromatic carbocycles. The summed E-state index contributed by atoms with van der Waals surface area (Å²) in [4.78, 5) is 2.22. The van der Waals surface area contributed by atoms with Gasteiger partial charge in [-0.25, -0.2) is 0 Å². The number of aryl methyl sites for hydroxylation is 2. The van der Waals surface area contributed by atoms with Gasteiger partial charge in [0.25, 0.3) is 0 Å². The van der Waals surface area contributed by atoms with Crippen LogP contribution >= 0.6 is 0 Å². The number of nitrogens with zero attached hydrogens (tertiary/aromatic N) is 2. The Morgan fingerprint density at radius 1 is 1.39 bits per heavy atom. The summed E-state index contributed by atoms with van der Waals surface area (Å²) in [6.07, 6.45) is 0. The van der Waals surface area contributed by atoms with E-state index in [0.717, 1.165) is 13.1 Å². The SMILES string of the molecule is Cc1ccc(C)c(CN(C)CC2(C#N)COC2)c1. The van der Waals surface area contributed by atoms with Gasteiger partial charge in [-0.05, 0) is 32.0 Å². The van der Waals surface area contributed by atoms with Crippen molar-refractivity contribution in [3.63, 3.8) is 0 Å². The molecule has 0 radical (unpaired) electrons. The molecule has 0 aliphatic carbocycles. The van der Waals surface area contributed by atoms with Gasteiger partial charge in [0.1, 0.15) is 5.41 Å². The van der Waals surface area contributed by atoms with Crippen LogP contribution in [0.5, 0.6) is 0 Å². The van der Waals surface area contributed by atoms with Crippen molar-refractivity contribution in [2.45, 2.75) is 20.4 Å². The lowest BCUT2D eigenvalue weighted by Crippen LogP contribution is -2.48. The maximum atomic E-state index is 9.19. The second-order valence-corrected chi connectivity index (χ2v) is 5.49. The van der Waals surface area contributed by atoms with Crippen LogP contribution in [0.15, 0.2) is 18.2 Å². The van der Waals surface area contributed by atoms with Crippen LogP contribution < -0.4 is 0 Å². The average Bonchev–Trinajstić information content (AvgIpc) is 2.28. The number of benzene rings is 1. The van der Waals surface area contributed by atoms with E-state index in [-0.39, 0.29) is 5.41 Å². The van der Waals surface area contributed by atoms with E-state index >= 15 is 0 Å². The van der Waals surface area contributed by atoms with Gasteiger partial charge in [0.2, 0.25) is 0 Å². The van der Waals surface area contributed by atoms with Gasteiger partial charge in [0, 0.05) is 13.1 Å². The number of rotatable bonds is 4. The molecule has 1 aliphatic heterocycles. The maximum Gasteiger partial charge on any atom is 0.116 e. The summed E-state index contributed by atoms with van der Waals surface area (Å²) in [6, 6.07) is 8.91. The van der Waals surface area contributed by atoms with Gasteiger partial charge in [-0.1, -0.05) is 23.8 Å². The molecule has 0 amide bonds. The second-order valence-electron chi connectivity index (χ2n) is 5.49. The van der Waals surface area contributed by atoms with Crippen LogP contribution in [0.4, 0.5) is 0 Å². The van der Waals surface area contributed by atoms with Crippen LogP contribution in [0.25, 0.3) is 0 Å². The first-order chi connectivity index (χ1) is 8.54. The summed E-state index contributed by atoms with van der Waals surface area (Å²) in [5.74, 6) is 0. The van der Waals surface area contributed by atoms with Crippen molar-refractivity contribution in [1.82, 2.24) is 4.90 Å². The molecule has 0 N–H and O–H groups in total. The van der Waals surface area contributed by atoms with Crippen molar-refractivity contribution in [3.05, 3.63) is 34.9 Å². The molecule has 1 fully saturated rings. The highest BCUT2D eigenvalue weighted by Crippen LogP contribution is 2.27. The minimum atomic E-state index is -0.285. The average molecular weight is 244 g/mol. The predicted octanol–water partition coefficient (Wildman–Crippen LogP) is 2.28. The van der Waals surface area contributed by atoms with E-state index in [1.807, 2.05) is 0 Å². The number of hydrogen-bond donors (Lipinski definition) is 0. The summed E-state index contributed by atoms with van der Waals surface area (Å²) in [7, 11) is 2.07. The Kier molecular flexibility index (Phi) is 3.70. The van der Waals surface area contributed by atoms with Gasteiger partial charge in [-0.3, -0.25) is 0 Å². The van der Waals surface area contributed by atoms with Crippen LogP contribution in [0.2, 0.25) is 0 Å². The highest BCUT2D eigenvalue weighted by atomic mass is 16.5. The highest BCUT2D eigenvalue weighted by Gasteiger charge is 2.39. The number of ether oxygens (including phenoxy) is 1. The smallest absolute Gasteiger partial charge is 0.116 e. The lowest BCUT2D eigenvalue weighted by atomic mass is 9.87. The standard InChI is InChI=1S/C15H20N2O/c1-12-4-5-13(2)14(6-12)7-17(3)9-15(8-16)10-18-11-15/h4-6H,7,9-11H2,1-3H3. The van der Waals surface area contributed by atoms with Crippen LogP contribution in [0, 0.1) is 30.6 Å². The van der Waals surface area contributed by atoms with Crippen molar-refractivity contribution < 1.29 is 4.74 Å². The van der Waals surface area contributed by atoms with Crippen LogP contribution in [0.3, 0.4) is 0 Å². The molecule has 0 atom stereocenters. The number of hydrogen-bond acceptors (Lipinski definition) is 3. The summed E-state index contributed by atoms with van der Waals surface area (Å²) in [6.45, 7) is 7.05. The molecule has 1 saturated heterocycles. The first-order valence-corrected chi connectivity index (χ1v) is 6.28. The highest BCUT2D eigenvalue weighted by molar-refractivity contribution is 5.30. The van der Waals surface area contributed by atoms with Crippen molar-refractivity contribution in [3.8, 4) is 6.07 Å². The normalized spacial score (nSPS) is 17.3. The molecular formula is C15H20N2O. The van der Waals surface area contributed by atoms with E-state index in [0.29, 0.717) is 13.2 Å². The number of nitriles is 1. The van der Waals surface area contributed by atoms with Crippen molar-refractivity contribution in [1.29, 1.82) is 5.26 Å². The predicted molar refractivity (Wildman–Crippen MR) is 71.1 cm³/mol. The molecular weight excluding hydrogens is 224 g/mol. The Labute approximate surface area is 109 Å². The third kappa shape index (κ3) is 2.72. The van der Waals surface area contributed by atoms with E-state index in [4.69, 9.17) is 4.74 Å². The Balaban J connectivity index is 2.01. The van der Waals surface area contributed by atoms with E-state index < -0.39 is 0 Å². The second kappa shape index (κ2) is 5.09. The fraction of sp³-hybridized carbons (Fsp3) is 0.533. The van der Waals surface area contributed by atoms with E-state index in [1.54, 1.807) is 0 Å². The van der Waals surface area contributed by atoms with Gasteiger partial charge in [-0.2, -0.15) is 5.26 Å².